The predicted molar refractivity (Wildman–Crippen MR) is 75.9 cm³/mol. The normalized spacial score (nSPS) is 20.0. The fourth-order valence-corrected chi connectivity index (χ4v) is 2.83. The summed E-state index contributed by atoms with van der Waals surface area (Å²) in [6.45, 7) is 0.808. The zero-order valence-corrected chi connectivity index (χ0v) is 12.0. The third-order valence-corrected chi connectivity index (χ3v) is 3.93. The van der Waals surface area contributed by atoms with Gasteiger partial charge in [-0.2, -0.15) is 10.2 Å². The number of anilines is 1. The van der Waals surface area contributed by atoms with Gasteiger partial charge in [0.2, 0.25) is 5.88 Å². The Balaban J connectivity index is 1.74. The highest BCUT2D eigenvalue weighted by Crippen LogP contribution is 2.29. The van der Waals surface area contributed by atoms with Gasteiger partial charge in [0, 0.05) is 12.0 Å². The van der Waals surface area contributed by atoms with Crippen molar-refractivity contribution in [2.45, 2.75) is 19.1 Å². The largest absolute Gasteiger partial charge is 0.474 e. The lowest BCUT2D eigenvalue weighted by Gasteiger charge is -2.19. The highest BCUT2D eigenvalue weighted by molar-refractivity contribution is 5.96. The van der Waals surface area contributed by atoms with Crippen molar-refractivity contribution in [1.29, 1.82) is 0 Å². The van der Waals surface area contributed by atoms with Crippen molar-refractivity contribution in [3.63, 3.8) is 0 Å². The molecule has 0 unspecified atom stereocenters. The zero-order chi connectivity index (χ0) is 16.0. The Morgan fingerprint density at radius 3 is 3.17 bits per heavy atom. The molecule has 0 saturated carbocycles. The molecule has 0 spiro atoms. The lowest BCUT2D eigenvalue weighted by atomic mass is 10.1. The maximum absolute atomic E-state index is 12.5. The average molecular weight is 318 g/mol. The number of primary amides is 1. The Morgan fingerprint density at radius 1 is 1.48 bits per heavy atom. The first kappa shape index (κ1) is 13.8. The number of hydrogen-bond donors (Lipinski definition) is 3. The Bertz CT molecular complexity index is 794. The predicted octanol–water partition coefficient (Wildman–Crippen LogP) is -0.650. The number of rotatable bonds is 2. The number of nitrogens with one attached hydrogen (secondary N) is 2. The average Bonchev–Trinajstić information content (AvgIpc) is 3.09. The van der Waals surface area contributed by atoms with Gasteiger partial charge in [-0.15, -0.1) is 0 Å². The number of ether oxygens (including phenoxy) is 2. The van der Waals surface area contributed by atoms with Gasteiger partial charge in [0.25, 0.3) is 11.8 Å². The van der Waals surface area contributed by atoms with E-state index in [0.29, 0.717) is 30.3 Å². The number of H-pyrrole nitrogens is 1. The number of carbonyl (C=O) groups is 2. The van der Waals surface area contributed by atoms with E-state index in [0.717, 1.165) is 5.56 Å². The number of aromatic nitrogens is 4. The molecule has 23 heavy (non-hydrogen) atoms. The third-order valence-electron chi connectivity index (χ3n) is 3.93. The molecule has 2 aromatic heterocycles. The van der Waals surface area contributed by atoms with E-state index in [-0.39, 0.29) is 24.8 Å². The summed E-state index contributed by atoms with van der Waals surface area (Å²) in [7, 11) is 0. The third kappa shape index (κ3) is 2.14. The van der Waals surface area contributed by atoms with Crippen molar-refractivity contribution in [3.05, 3.63) is 23.1 Å². The molecule has 0 radical (unpaired) electrons. The minimum absolute atomic E-state index is 0.0490. The number of nitrogens with two attached hydrogens (primary N) is 1. The second-order valence-electron chi connectivity index (χ2n) is 5.31. The number of aromatic amines is 1. The molecule has 1 atom stereocenters. The van der Waals surface area contributed by atoms with Crippen LogP contribution in [0.4, 0.5) is 5.69 Å². The minimum Gasteiger partial charge on any atom is -0.474 e. The summed E-state index contributed by atoms with van der Waals surface area (Å²) in [4.78, 5) is 24.1. The van der Waals surface area contributed by atoms with Crippen molar-refractivity contribution in [1.82, 2.24) is 20.0 Å². The fraction of sp³-hybridized carbons (Fsp3) is 0.385. The standard InChI is InChI=1S/C13H14N6O4/c14-11(20)10-6-1-2-22-4-8(6)19(18-10)9-5-23-13-7(3-15-17-13)16-12(9)21/h3,9H,1-2,4-5H2,(H2,14,20)(H,15,17)(H,16,21)/t9-/m0/s1. The van der Waals surface area contributed by atoms with E-state index >= 15 is 0 Å². The maximum atomic E-state index is 12.5. The van der Waals surface area contributed by atoms with E-state index in [1.54, 1.807) is 0 Å². The van der Waals surface area contributed by atoms with Gasteiger partial charge in [-0.1, -0.05) is 0 Å². The minimum atomic E-state index is -0.737. The molecule has 0 aromatic carbocycles. The van der Waals surface area contributed by atoms with Gasteiger partial charge in [-0.05, 0) is 0 Å². The lowest BCUT2D eigenvalue weighted by molar-refractivity contribution is -0.120. The molecule has 2 amide bonds. The van der Waals surface area contributed by atoms with Crippen LogP contribution in [-0.2, 0) is 22.6 Å². The molecule has 0 fully saturated rings. The second-order valence-corrected chi connectivity index (χ2v) is 5.31. The molecule has 0 aliphatic carbocycles. The molecule has 4 N–H and O–H groups in total. The van der Waals surface area contributed by atoms with Crippen LogP contribution in [0.15, 0.2) is 6.20 Å². The van der Waals surface area contributed by atoms with Crippen LogP contribution in [0.5, 0.6) is 5.88 Å². The Labute approximate surface area is 129 Å². The van der Waals surface area contributed by atoms with Crippen LogP contribution in [-0.4, -0.2) is 45.0 Å². The quantitative estimate of drug-likeness (QED) is 0.673. The van der Waals surface area contributed by atoms with Crippen LogP contribution < -0.4 is 15.8 Å². The smallest absolute Gasteiger partial charge is 0.269 e. The summed E-state index contributed by atoms with van der Waals surface area (Å²) in [6, 6.07) is -0.737. The first-order valence-corrected chi connectivity index (χ1v) is 7.10. The Hall–Kier alpha value is -2.88. The summed E-state index contributed by atoms with van der Waals surface area (Å²) in [5, 5.41) is 13.4. The van der Waals surface area contributed by atoms with E-state index < -0.39 is 11.9 Å². The molecular formula is C13H14N6O4. The van der Waals surface area contributed by atoms with Crippen molar-refractivity contribution in [2.75, 3.05) is 18.5 Å². The van der Waals surface area contributed by atoms with Crippen LogP contribution in [0.2, 0.25) is 0 Å². The Morgan fingerprint density at radius 2 is 2.35 bits per heavy atom. The fourth-order valence-electron chi connectivity index (χ4n) is 2.83. The summed E-state index contributed by atoms with van der Waals surface area (Å²) in [5.41, 5.74) is 7.46. The van der Waals surface area contributed by atoms with Gasteiger partial charge in [0.05, 0.1) is 25.1 Å². The van der Waals surface area contributed by atoms with Gasteiger partial charge >= 0.3 is 0 Å². The van der Waals surface area contributed by atoms with Gasteiger partial charge < -0.3 is 20.5 Å². The SMILES string of the molecule is NC(=O)c1nn([C@H]2COc3[nH]ncc3NC2=O)c2c1CCOC2. The molecule has 2 aliphatic rings. The summed E-state index contributed by atoms with van der Waals surface area (Å²) in [6.07, 6.45) is 2.00. The van der Waals surface area contributed by atoms with E-state index in [4.69, 9.17) is 15.2 Å². The molecule has 4 rings (SSSR count). The molecule has 2 aromatic rings. The molecule has 0 saturated heterocycles. The number of amides is 2. The van der Waals surface area contributed by atoms with Crippen molar-refractivity contribution in [2.24, 2.45) is 5.73 Å². The summed E-state index contributed by atoms with van der Waals surface area (Å²) < 4.78 is 12.5. The van der Waals surface area contributed by atoms with Gasteiger partial charge in [-0.3, -0.25) is 14.3 Å². The number of nitrogens with zero attached hydrogens (tertiary/aromatic N) is 3. The number of hydrogen-bond acceptors (Lipinski definition) is 6. The zero-order valence-electron chi connectivity index (χ0n) is 12.0. The molecule has 10 heteroatoms. The molecule has 0 bridgehead atoms. The van der Waals surface area contributed by atoms with Gasteiger partial charge in [0.1, 0.15) is 12.3 Å². The highest BCUT2D eigenvalue weighted by atomic mass is 16.5. The van der Waals surface area contributed by atoms with E-state index in [1.165, 1.54) is 10.9 Å². The second kappa shape index (κ2) is 5.09. The first-order valence-electron chi connectivity index (χ1n) is 7.10. The Kier molecular flexibility index (Phi) is 3.05. The highest BCUT2D eigenvalue weighted by Gasteiger charge is 2.33. The van der Waals surface area contributed by atoms with E-state index in [1.807, 2.05) is 0 Å². The maximum Gasteiger partial charge on any atom is 0.269 e. The summed E-state index contributed by atoms with van der Waals surface area (Å²) >= 11 is 0. The van der Waals surface area contributed by atoms with Crippen molar-refractivity contribution < 1.29 is 19.1 Å². The molecular weight excluding hydrogens is 304 g/mol. The van der Waals surface area contributed by atoms with Crippen molar-refractivity contribution >= 4 is 17.5 Å². The molecule has 2 aliphatic heterocycles. The van der Waals surface area contributed by atoms with E-state index in [9.17, 15) is 9.59 Å². The molecule has 120 valence electrons. The monoisotopic (exact) mass is 318 g/mol. The van der Waals surface area contributed by atoms with Crippen LogP contribution in [0.1, 0.15) is 27.8 Å². The van der Waals surface area contributed by atoms with Gasteiger partial charge in [-0.25, -0.2) is 5.10 Å². The molecule has 4 heterocycles. The van der Waals surface area contributed by atoms with Crippen LogP contribution >= 0.6 is 0 Å². The van der Waals surface area contributed by atoms with E-state index in [2.05, 4.69) is 20.6 Å². The van der Waals surface area contributed by atoms with Crippen LogP contribution in [0, 0.1) is 0 Å². The van der Waals surface area contributed by atoms with Crippen molar-refractivity contribution in [3.8, 4) is 5.88 Å². The lowest BCUT2D eigenvalue weighted by Crippen LogP contribution is -2.31. The first-order chi connectivity index (χ1) is 11.1. The topological polar surface area (TPSA) is 137 Å². The number of fused-ring (bicyclic) bond motifs is 2. The molecule has 10 nitrogen and oxygen atoms in total. The van der Waals surface area contributed by atoms with Crippen LogP contribution in [0.25, 0.3) is 0 Å². The number of carbonyl (C=O) groups excluding carboxylic acids is 2. The van der Waals surface area contributed by atoms with Crippen LogP contribution in [0.3, 0.4) is 0 Å². The van der Waals surface area contributed by atoms with Gasteiger partial charge in [0.15, 0.2) is 11.7 Å². The summed E-state index contributed by atoms with van der Waals surface area (Å²) in [5.74, 6) is -0.545.